The Kier molecular flexibility index (Phi) is 5.72. The third-order valence-corrected chi connectivity index (χ3v) is 6.46. The molecule has 0 bridgehead atoms. The van der Waals surface area contributed by atoms with Crippen LogP contribution in [0.2, 0.25) is 0 Å². The van der Waals surface area contributed by atoms with Crippen molar-refractivity contribution in [1.29, 1.82) is 0 Å². The molecule has 2 aromatic heterocycles. The van der Waals surface area contributed by atoms with E-state index in [-0.39, 0.29) is 30.2 Å². The molecule has 0 spiro atoms. The molecular weight excluding hydrogens is 470 g/mol. The van der Waals surface area contributed by atoms with Crippen LogP contribution in [0.25, 0.3) is 16.0 Å². The zero-order chi connectivity index (χ0) is 21.4. The molecule has 1 aliphatic heterocycles. The van der Waals surface area contributed by atoms with Gasteiger partial charge in [0.15, 0.2) is 16.5 Å². The van der Waals surface area contributed by atoms with Gasteiger partial charge in [-0.3, -0.25) is 14.9 Å². The summed E-state index contributed by atoms with van der Waals surface area (Å²) in [7, 11) is 0. The Morgan fingerprint density at radius 2 is 2.10 bits per heavy atom. The van der Waals surface area contributed by atoms with Crippen molar-refractivity contribution in [3.63, 3.8) is 0 Å². The van der Waals surface area contributed by atoms with E-state index < -0.39 is 0 Å². The lowest BCUT2D eigenvalue weighted by Crippen LogP contribution is -2.37. The Labute approximate surface area is 185 Å². The van der Waals surface area contributed by atoms with E-state index in [1.165, 1.54) is 16.0 Å². The minimum Gasteiger partial charge on any atom is -0.394 e. The predicted molar refractivity (Wildman–Crippen MR) is 120 cm³/mol. The molecule has 3 aromatic rings. The number of nitrogens with one attached hydrogen (secondary N) is 1. The van der Waals surface area contributed by atoms with Gasteiger partial charge in [0.2, 0.25) is 0 Å². The van der Waals surface area contributed by atoms with E-state index in [9.17, 15) is 14.7 Å². The number of rotatable bonds is 5. The summed E-state index contributed by atoms with van der Waals surface area (Å²) >= 11 is 4.55. The SMILES string of the molecule is C=C(C)n1nc(C(=O)N2CCC[C@H]2CO)c2sc(NC(=O)c3ccc(Br)cc3)nc21. The molecular formula is C20H20BrN5O3S. The second kappa shape index (κ2) is 8.29. The van der Waals surface area contributed by atoms with Gasteiger partial charge in [-0.2, -0.15) is 10.1 Å². The normalized spacial score (nSPS) is 16.2. The number of aliphatic hydroxyl groups is 1. The van der Waals surface area contributed by atoms with E-state index in [0.717, 1.165) is 17.3 Å². The molecule has 0 aliphatic carbocycles. The highest BCUT2D eigenvalue weighted by molar-refractivity contribution is 9.10. The number of aromatic nitrogens is 3. The van der Waals surface area contributed by atoms with Crippen molar-refractivity contribution in [1.82, 2.24) is 19.7 Å². The van der Waals surface area contributed by atoms with Gasteiger partial charge in [-0.1, -0.05) is 33.8 Å². The number of hydrogen-bond acceptors (Lipinski definition) is 6. The van der Waals surface area contributed by atoms with Crippen LogP contribution in [0.3, 0.4) is 0 Å². The number of amides is 2. The van der Waals surface area contributed by atoms with Gasteiger partial charge in [-0.15, -0.1) is 0 Å². The van der Waals surface area contributed by atoms with E-state index in [0.29, 0.717) is 33.3 Å². The largest absolute Gasteiger partial charge is 0.394 e. The topological polar surface area (TPSA) is 100 Å². The van der Waals surface area contributed by atoms with Crippen molar-refractivity contribution >= 4 is 60.3 Å². The second-order valence-corrected chi connectivity index (χ2v) is 9.02. The summed E-state index contributed by atoms with van der Waals surface area (Å²) in [5.41, 5.74) is 1.84. The van der Waals surface area contributed by atoms with Crippen LogP contribution in [0.15, 0.2) is 35.3 Å². The van der Waals surface area contributed by atoms with E-state index in [1.54, 1.807) is 36.1 Å². The average molecular weight is 490 g/mol. The third-order valence-electron chi connectivity index (χ3n) is 4.96. The Hall–Kier alpha value is -2.56. The van der Waals surface area contributed by atoms with Crippen molar-refractivity contribution < 1.29 is 14.7 Å². The van der Waals surface area contributed by atoms with Crippen LogP contribution in [0.1, 0.15) is 40.6 Å². The number of carbonyl (C=O) groups excluding carboxylic acids is 2. The maximum absolute atomic E-state index is 13.1. The lowest BCUT2D eigenvalue weighted by atomic mass is 10.2. The van der Waals surface area contributed by atoms with E-state index in [2.05, 4.69) is 37.9 Å². The molecule has 1 aliphatic rings. The lowest BCUT2D eigenvalue weighted by molar-refractivity contribution is 0.0673. The highest BCUT2D eigenvalue weighted by Crippen LogP contribution is 2.32. The highest BCUT2D eigenvalue weighted by atomic mass is 79.9. The number of carbonyl (C=O) groups is 2. The van der Waals surface area contributed by atoms with E-state index in [1.807, 2.05) is 0 Å². The van der Waals surface area contributed by atoms with Gasteiger partial charge in [-0.05, 0) is 44.0 Å². The monoisotopic (exact) mass is 489 g/mol. The number of fused-ring (bicyclic) bond motifs is 1. The van der Waals surface area contributed by atoms with Gasteiger partial charge >= 0.3 is 0 Å². The third kappa shape index (κ3) is 3.78. The maximum atomic E-state index is 13.1. The first-order valence-corrected chi connectivity index (χ1v) is 11.0. The minimum absolute atomic E-state index is 0.0761. The summed E-state index contributed by atoms with van der Waals surface area (Å²) in [6.07, 6.45) is 1.61. The molecule has 2 amide bonds. The van der Waals surface area contributed by atoms with Crippen molar-refractivity contribution in [2.75, 3.05) is 18.5 Å². The second-order valence-electron chi connectivity index (χ2n) is 7.11. The van der Waals surface area contributed by atoms with Gasteiger partial charge in [0.1, 0.15) is 4.70 Å². The molecule has 30 heavy (non-hydrogen) atoms. The van der Waals surface area contributed by atoms with Crippen molar-refractivity contribution in [3.05, 3.63) is 46.6 Å². The van der Waals surface area contributed by atoms with Crippen molar-refractivity contribution in [2.24, 2.45) is 0 Å². The standard InChI is InChI=1S/C20H20BrN5O3S/c1-11(2)26-17-16(15(24-26)19(29)25-9-3-4-14(25)10-27)30-20(22-17)23-18(28)12-5-7-13(21)8-6-12/h5-8,14,27H,1,3-4,9-10H2,2H3,(H,22,23,28)/t14-/m0/s1. The summed E-state index contributed by atoms with van der Waals surface area (Å²) in [5, 5.41) is 17.2. The quantitative estimate of drug-likeness (QED) is 0.570. The van der Waals surface area contributed by atoms with Gasteiger partial charge in [-0.25, -0.2) is 4.68 Å². The van der Waals surface area contributed by atoms with Gasteiger partial charge in [0.25, 0.3) is 11.8 Å². The molecule has 1 aromatic carbocycles. The predicted octanol–water partition coefficient (Wildman–Crippen LogP) is 3.60. The van der Waals surface area contributed by atoms with Crippen LogP contribution in [0.4, 0.5) is 5.13 Å². The number of likely N-dealkylation sites (tertiary alicyclic amines) is 1. The molecule has 156 valence electrons. The number of hydrogen-bond donors (Lipinski definition) is 2. The molecule has 0 radical (unpaired) electrons. The number of aliphatic hydroxyl groups excluding tert-OH is 1. The zero-order valence-corrected chi connectivity index (χ0v) is 18.7. The van der Waals surface area contributed by atoms with E-state index >= 15 is 0 Å². The highest BCUT2D eigenvalue weighted by Gasteiger charge is 2.33. The summed E-state index contributed by atoms with van der Waals surface area (Å²) in [4.78, 5) is 31.8. The number of thiazole rings is 1. The summed E-state index contributed by atoms with van der Waals surface area (Å²) < 4.78 is 2.97. The molecule has 4 rings (SSSR count). The number of benzene rings is 1. The molecule has 0 unspecified atom stereocenters. The Balaban J connectivity index is 1.68. The van der Waals surface area contributed by atoms with Crippen LogP contribution in [-0.4, -0.2) is 55.8 Å². The first-order valence-electron chi connectivity index (χ1n) is 9.43. The number of anilines is 1. The molecule has 0 saturated carbocycles. The Morgan fingerprint density at radius 1 is 1.37 bits per heavy atom. The molecule has 1 atom stereocenters. The van der Waals surface area contributed by atoms with Crippen LogP contribution in [0.5, 0.6) is 0 Å². The number of allylic oxidation sites excluding steroid dienone is 1. The van der Waals surface area contributed by atoms with Crippen LogP contribution >= 0.6 is 27.3 Å². The maximum Gasteiger partial charge on any atom is 0.276 e. The Bertz CT molecular complexity index is 1140. The summed E-state index contributed by atoms with van der Waals surface area (Å²) in [5.74, 6) is -0.535. The summed E-state index contributed by atoms with van der Waals surface area (Å²) in [6, 6.07) is 6.79. The molecule has 8 nitrogen and oxygen atoms in total. The van der Waals surface area contributed by atoms with E-state index in [4.69, 9.17) is 0 Å². The zero-order valence-electron chi connectivity index (χ0n) is 16.3. The molecule has 1 saturated heterocycles. The Morgan fingerprint density at radius 3 is 2.77 bits per heavy atom. The van der Waals surface area contributed by atoms with Gasteiger partial charge < -0.3 is 10.0 Å². The minimum atomic E-state index is -0.290. The lowest BCUT2D eigenvalue weighted by Gasteiger charge is -2.21. The summed E-state index contributed by atoms with van der Waals surface area (Å²) in [6.45, 7) is 6.19. The van der Waals surface area contributed by atoms with Gasteiger partial charge in [0.05, 0.1) is 12.6 Å². The van der Waals surface area contributed by atoms with Crippen molar-refractivity contribution in [3.8, 4) is 0 Å². The molecule has 2 N–H and O–H groups in total. The number of halogens is 1. The van der Waals surface area contributed by atoms with Crippen LogP contribution in [-0.2, 0) is 0 Å². The fraction of sp³-hybridized carbons (Fsp3) is 0.300. The molecule has 1 fully saturated rings. The molecule has 3 heterocycles. The fourth-order valence-electron chi connectivity index (χ4n) is 3.46. The number of nitrogens with zero attached hydrogens (tertiary/aromatic N) is 4. The van der Waals surface area contributed by atoms with Crippen LogP contribution in [0, 0.1) is 0 Å². The van der Waals surface area contributed by atoms with Crippen molar-refractivity contribution in [2.45, 2.75) is 25.8 Å². The smallest absolute Gasteiger partial charge is 0.276 e. The van der Waals surface area contributed by atoms with Crippen LogP contribution < -0.4 is 5.32 Å². The fourth-order valence-corrected chi connectivity index (χ4v) is 4.64. The average Bonchev–Trinajstić information content (AvgIpc) is 3.42. The first-order chi connectivity index (χ1) is 14.4. The van der Waals surface area contributed by atoms with Gasteiger partial charge in [0, 0.05) is 22.3 Å². The molecule has 10 heteroatoms. The first kappa shape index (κ1) is 20.7.